The average Bonchev–Trinajstić information content (AvgIpc) is 3.16. The number of aliphatic hydroxyl groups is 1. The topological polar surface area (TPSA) is 106 Å². The predicted molar refractivity (Wildman–Crippen MR) is 121 cm³/mol. The van der Waals surface area contributed by atoms with Crippen LogP contribution in [0.3, 0.4) is 0 Å². The molecule has 0 saturated carbocycles. The van der Waals surface area contributed by atoms with E-state index in [1.807, 2.05) is 0 Å². The molecule has 1 atom stereocenters. The molecule has 4 rings (SSSR count). The summed E-state index contributed by atoms with van der Waals surface area (Å²) in [5, 5.41) is 17.3. The van der Waals surface area contributed by atoms with Crippen LogP contribution in [0.1, 0.15) is 34.0 Å². The highest BCUT2D eigenvalue weighted by Crippen LogP contribution is 2.30. The van der Waals surface area contributed by atoms with Crippen LogP contribution in [0.2, 0.25) is 5.02 Å². The quantitative estimate of drug-likeness (QED) is 0.393. The summed E-state index contributed by atoms with van der Waals surface area (Å²) in [5.74, 6) is -2.44. The number of nitrogen functional groups attached to an aromatic ring is 1. The van der Waals surface area contributed by atoms with E-state index in [0.29, 0.717) is 16.1 Å². The van der Waals surface area contributed by atoms with E-state index in [1.54, 1.807) is 31.2 Å². The highest BCUT2D eigenvalue weighted by Gasteiger charge is 2.22. The number of benzene rings is 2. The molecule has 0 spiro atoms. The largest absolute Gasteiger partial charge is 0.388 e. The number of nitrogens with two attached hydrogens (primary N) is 1. The van der Waals surface area contributed by atoms with Crippen LogP contribution in [0.15, 0.2) is 48.7 Å². The first-order valence-electron chi connectivity index (χ1n) is 10.1. The Morgan fingerprint density at radius 3 is 2.58 bits per heavy atom. The molecular weight excluding hydrogens is 452 g/mol. The van der Waals surface area contributed by atoms with Crippen LogP contribution in [0.5, 0.6) is 0 Å². The van der Waals surface area contributed by atoms with Gasteiger partial charge in [-0.2, -0.15) is 4.98 Å². The number of fused-ring (bicyclic) bond motifs is 1. The molecule has 2 aromatic carbocycles. The molecule has 0 saturated heterocycles. The second kappa shape index (κ2) is 9.13. The predicted octanol–water partition coefficient (Wildman–Crippen LogP) is 4.07. The molecule has 0 aliphatic heterocycles. The fraction of sp³-hybridized carbons (Fsp3) is 0.174. The van der Waals surface area contributed by atoms with Gasteiger partial charge in [-0.25, -0.2) is 13.3 Å². The summed E-state index contributed by atoms with van der Waals surface area (Å²) in [7, 11) is 0. The molecule has 1 amide bonds. The van der Waals surface area contributed by atoms with E-state index >= 15 is 4.39 Å². The summed E-state index contributed by atoms with van der Waals surface area (Å²) in [6, 6.07) is 11.0. The molecule has 10 heteroatoms. The molecule has 33 heavy (non-hydrogen) atoms. The molecule has 0 aliphatic carbocycles. The standard InChI is InChI=1S/C23H20ClF2N5O2/c1-12-2-7-15(16-9-11-31-21(20(16)26)29-23(27)30-31)19(25)18(12)22(33)28-10-8-17(32)13-3-5-14(24)6-4-13/h2-7,9,11,17,32H,8,10H2,1H3,(H2,27,30)(H,28,33). The van der Waals surface area contributed by atoms with E-state index in [1.165, 1.54) is 24.4 Å². The third kappa shape index (κ3) is 4.50. The number of aryl methyl sites for hydroxylation is 1. The van der Waals surface area contributed by atoms with Crippen LogP contribution in [0, 0.1) is 18.6 Å². The Morgan fingerprint density at radius 2 is 1.85 bits per heavy atom. The molecule has 0 bridgehead atoms. The molecule has 0 radical (unpaired) electrons. The molecule has 0 aliphatic rings. The van der Waals surface area contributed by atoms with Crippen molar-refractivity contribution in [3.05, 3.63) is 82.0 Å². The zero-order chi connectivity index (χ0) is 23.7. The Morgan fingerprint density at radius 1 is 1.15 bits per heavy atom. The normalized spacial score (nSPS) is 12.2. The minimum absolute atomic E-state index is 0.0698. The fourth-order valence-corrected chi connectivity index (χ4v) is 3.69. The Hall–Kier alpha value is -3.56. The number of carbonyl (C=O) groups excluding carboxylic acids is 1. The number of nitrogens with zero attached hydrogens (tertiary/aromatic N) is 3. The van der Waals surface area contributed by atoms with Crippen molar-refractivity contribution in [2.24, 2.45) is 0 Å². The van der Waals surface area contributed by atoms with Crippen molar-refractivity contribution in [2.75, 3.05) is 12.3 Å². The molecule has 0 fully saturated rings. The van der Waals surface area contributed by atoms with Gasteiger partial charge in [0.1, 0.15) is 5.82 Å². The van der Waals surface area contributed by atoms with Gasteiger partial charge in [0.15, 0.2) is 11.5 Å². The van der Waals surface area contributed by atoms with Crippen molar-refractivity contribution in [3.63, 3.8) is 0 Å². The summed E-state index contributed by atoms with van der Waals surface area (Å²) in [6.45, 7) is 1.69. The number of pyridine rings is 1. The second-order valence-corrected chi connectivity index (χ2v) is 7.95. The highest BCUT2D eigenvalue weighted by atomic mass is 35.5. The molecule has 4 N–H and O–H groups in total. The average molecular weight is 472 g/mol. The zero-order valence-corrected chi connectivity index (χ0v) is 18.3. The maximum absolute atomic E-state index is 15.4. The molecule has 7 nitrogen and oxygen atoms in total. The lowest BCUT2D eigenvalue weighted by molar-refractivity contribution is 0.0938. The van der Waals surface area contributed by atoms with Gasteiger partial charge in [-0.1, -0.05) is 35.9 Å². The smallest absolute Gasteiger partial charge is 0.254 e. The number of rotatable bonds is 6. The number of aliphatic hydroxyl groups excluding tert-OH is 1. The van der Waals surface area contributed by atoms with Gasteiger partial charge in [0.05, 0.1) is 11.7 Å². The SMILES string of the molecule is Cc1ccc(-c2ccn3nc(N)nc3c2F)c(F)c1C(=O)NCCC(O)c1ccc(Cl)cc1. The molecule has 170 valence electrons. The van der Waals surface area contributed by atoms with Crippen LogP contribution >= 0.6 is 11.6 Å². The number of amides is 1. The van der Waals surface area contributed by atoms with Crippen molar-refractivity contribution in [3.8, 4) is 11.1 Å². The summed E-state index contributed by atoms with van der Waals surface area (Å²) < 4.78 is 31.5. The Bertz CT molecular complexity index is 1340. The first-order valence-corrected chi connectivity index (χ1v) is 10.5. The van der Waals surface area contributed by atoms with Gasteiger partial charge in [0.2, 0.25) is 5.95 Å². The first kappa shape index (κ1) is 22.6. The van der Waals surface area contributed by atoms with Crippen molar-refractivity contribution < 1.29 is 18.7 Å². The van der Waals surface area contributed by atoms with Crippen molar-refractivity contribution in [1.82, 2.24) is 19.9 Å². The number of hydrogen-bond donors (Lipinski definition) is 3. The lowest BCUT2D eigenvalue weighted by Gasteiger charge is -2.14. The Labute approximate surface area is 192 Å². The van der Waals surface area contributed by atoms with Crippen LogP contribution in [0.4, 0.5) is 14.7 Å². The molecule has 4 aromatic rings. The van der Waals surface area contributed by atoms with Crippen molar-refractivity contribution in [1.29, 1.82) is 0 Å². The summed E-state index contributed by atoms with van der Waals surface area (Å²) in [5.41, 5.74) is 6.05. The lowest BCUT2D eigenvalue weighted by Crippen LogP contribution is -2.27. The lowest BCUT2D eigenvalue weighted by atomic mass is 9.98. The minimum atomic E-state index is -0.860. The van der Waals surface area contributed by atoms with Gasteiger partial charge in [-0.05, 0) is 42.7 Å². The monoisotopic (exact) mass is 471 g/mol. The summed E-state index contributed by atoms with van der Waals surface area (Å²) in [6.07, 6.45) is 0.804. The van der Waals surface area contributed by atoms with Crippen molar-refractivity contribution >= 4 is 29.1 Å². The van der Waals surface area contributed by atoms with E-state index in [-0.39, 0.29) is 41.3 Å². The number of halogens is 3. The number of carbonyl (C=O) groups is 1. The maximum Gasteiger partial charge on any atom is 0.254 e. The Kier molecular flexibility index (Phi) is 6.26. The summed E-state index contributed by atoms with van der Waals surface area (Å²) >= 11 is 5.85. The third-order valence-corrected chi connectivity index (χ3v) is 5.54. The van der Waals surface area contributed by atoms with Gasteiger partial charge in [-0.15, -0.1) is 5.10 Å². The van der Waals surface area contributed by atoms with Gasteiger partial charge < -0.3 is 16.2 Å². The third-order valence-electron chi connectivity index (χ3n) is 5.29. The molecule has 2 aromatic heterocycles. The van der Waals surface area contributed by atoms with Crippen LogP contribution in [-0.2, 0) is 0 Å². The van der Waals surface area contributed by atoms with E-state index in [2.05, 4.69) is 15.4 Å². The Balaban J connectivity index is 1.55. The van der Waals surface area contributed by atoms with Gasteiger partial charge in [-0.3, -0.25) is 4.79 Å². The van der Waals surface area contributed by atoms with Gasteiger partial charge in [0.25, 0.3) is 5.91 Å². The fourth-order valence-electron chi connectivity index (χ4n) is 3.56. The first-order chi connectivity index (χ1) is 15.8. The van der Waals surface area contributed by atoms with E-state index in [9.17, 15) is 14.3 Å². The number of aromatic nitrogens is 3. The van der Waals surface area contributed by atoms with E-state index < -0.39 is 23.6 Å². The maximum atomic E-state index is 15.4. The van der Waals surface area contributed by atoms with Gasteiger partial charge in [0, 0.05) is 28.9 Å². The van der Waals surface area contributed by atoms with Gasteiger partial charge >= 0.3 is 0 Å². The highest BCUT2D eigenvalue weighted by molar-refractivity contribution is 6.30. The summed E-state index contributed by atoms with van der Waals surface area (Å²) in [4.78, 5) is 16.6. The molecule has 2 heterocycles. The van der Waals surface area contributed by atoms with Crippen LogP contribution < -0.4 is 11.1 Å². The van der Waals surface area contributed by atoms with E-state index in [0.717, 1.165) is 4.52 Å². The van der Waals surface area contributed by atoms with E-state index in [4.69, 9.17) is 17.3 Å². The number of hydrogen-bond acceptors (Lipinski definition) is 5. The number of anilines is 1. The van der Waals surface area contributed by atoms with Crippen molar-refractivity contribution in [2.45, 2.75) is 19.4 Å². The van der Waals surface area contributed by atoms with Crippen LogP contribution in [-0.4, -0.2) is 32.2 Å². The minimum Gasteiger partial charge on any atom is -0.388 e. The van der Waals surface area contributed by atoms with Crippen LogP contribution in [0.25, 0.3) is 16.8 Å². The second-order valence-electron chi connectivity index (χ2n) is 7.51. The number of nitrogens with one attached hydrogen (secondary N) is 1. The molecule has 1 unspecified atom stereocenters. The molecular formula is C23H20ClF2N5O2. The zero-order valence-electron chi connectivity index (χ0n) is 17.5.